The van der Waals surface area contributed by atoms with Crippen LogP contribution >= 0.6 is 0 Å². The van der Waals surface area contributed by atoms with Gasteiger partial charge in [-0.2, -0.15) is 4.68 Å². The van der Waals surface area contributed by atoms with E-state index in [1.807, 2.05) is 0 Å². The molecule has 1 aromatic heterocycles. The Hall–Kier alpha value is -3.12. The first-order valence-electron chi connectivity index (χ1n) is 13.2. The average molecular weight is 545 g/mol. The van der Waals surface area contributed by atoms with E-state index in [-0.39, 0.29) is 23.3 Å². The zero-order valence-corrected chi connectivity index (χ0v) is 22.8. The first-order chi connectivity index (χ1) is 18.0. The van der Waals surface area contributed by atoms with Crippen molar-refractivity contribution in [2.75, 3.05) is 48.6 Å². The first kappa shape index (κ1) is 26.5. The van der Waals surface area contributed by atoms with Crippen LogP contribution in [0.2, 0.25) is 0 Å². The maximum absolute atomic E-state index is 13.0. The van der Waals surface area contributed by atoms with E-state index < -0.39 is 16.0 Å². The van der Waals surface area contributed by atoms with E-state index in [0.717, 1.165) is 57.3 Å². The molecule has 3 aliphatic rings. The van der Waals surface area contributed by atoms with E-state index in [1.165, 1.54) is 28.1 Å². The van der Waals surface area contributed by atoms with Crippen molar-refractivity contribution >= 4 is 33.5 Å². The molecule has 5 rings (SSSR count). The highest BCUT2D eigenvalue weighted by molar-refractivity contribution is 7.92. The standard InChI is InChI=1S/C26H36N6O5S/c1-19-4-5-20(22(16-19)30-12-6-21(17-30)24(33)34)18-31-11-3-8-26(31)9-14-29(15-10-26)25(35)32-13-7-23(27-32)28-38(2,36)37/h4-5,7,13,16,21H,3,6,8-12,14-15,17-18H2,1-2H3,(H,27,28)(H,33,34). The number of aliphatic carboxylic acids is 1. The van der Waals surface area contributed by atoms with Gasteiger partial charge >= 0.3 is 12.0 Å². The molecule has 3 saturated heterocycles. The molecule has 1 amide bonds. The van der Waals surface area contributed by atoms with Gasteiger partial charge in [0.1, 0.15) is 0 Å². The number of carboxylic acid groups (broad SMARTS) is 1. The van der Waals surface area contributed by atoms with Crippen LogP contribution < -0.4 is 9.62 Å². The molecule has 1 spiro atoms. The van der Waals surface area contributed by atoms with Crippen molar-refractivity contribution in [2.24, 2.45) is 5.92 Å². The minimum Gasteiger partial charge on any atom is -0.481 e. The van der Waals surface area contributed by atoms with E-state index in [4.69, 9.17) is 0 Å². The van der Waals surface area contributed by atoms with Crippen LogP contribution in [-0.4, -0.2) is 89.6 Å². The number of benzene rings is 1. The Morgan fingerprint density at radius 1 is 1.13 bits per heavy atom. The van der Waals surface area contributed by atoms with Gasteiger partial charge in [-0.05, 0) is 62.8 Å². The van der Waals surface area contributed by atoms with E-state index in [0.29, 0.717) is 26.1 Å². The van der Waals surface area contributed by atoms with Gasteiger partial charge in [-0.1, -0.05) is 12.1 Å². The lowest BCUT2D eigenvalue weighted by molar-refractivity contribution is -0.140. The van der Waals surface area contributed by atoms with E-state index in [2.05, 4.69) is 44.7 Å². The number of nitrogens with one attached hydrogen (secondary N) is 1. The number of sulfonamides is 1. The molecule has 11 nitrogen and oxygen atoms in total. The SMILES string of the molecule is Cc1ccc(CN2CCCC23CCN(C(=O)n2ccc(NS(C)(=O)=O)n2)CC3)c(N2CCC(C(=O)O)C2)c1. The summed E-state index contributed by atoms with van der Waals surface area (Å²) in [6.07, 6.45) is 7.12. The number of hydrogen-bond acceptors (Lipinski definition) is 7. The molecule has 1 atom stereocenters. The molecule has 0 bridgehead atoms. The van der Waals surface area contributed by atoms with Gasteiger partial charge in [-0.25, -0.2) is 13.2 Å². The molecular weight excluding hydrogens is 508 g/mol. The van der Waals surface area contributed by atoms with Crippen molar-refractivity contribution in [2.45, 2.75) is 51.1 Å². The normalized spacial score (nSPS) is 21.8. The van der Waals surface area contributed by atoms with Crippen molar-refractivity contribution in [3.05, 3.63) is 41.6 Å². The summed E-state index contributed by atoms with van der Waals surface area (Å²) >= 11 is 0. The fourth-order valence-corrected chi connectivity index (χ4v) is 6.72. The lowest BCUT2D eigenvalue weighted by Crippen LogP contribution is -2.53. The Morgan fingerprint density at radius 2 is 1.89 bits per heavy atom. The van der Waals surface area contributed by atoms with E-state index in [9.17, 15) is 23.1 Å². The summed E-state index contributed by atoms with van der Waals surface area (Å²) in [6, 6.07) is 7.71. The van der Waals surface area contributed by atoms with Crippen LogP contribution in [0.5, 0.6) is 0 Å². The van der Waals surface area contributed by atoms with E-state index >= 15 is 0 Å². The number of hydrogen-bond donors (Lipinski definition) is 2. The van der Waals surface area contributed by atoms with Crippen LogP contribution in [-0.2, 0) is 21.4 Å². The number of carbonyl (C=O) groups excluding carboxylic acids is 1. The summed E-state index contributed by atoms with van der Waals surface area (Å²) in [5, 5.41) is 13.6. The maximum Gasteiger partial charge on any atom is 0.344 e. The number of aryl methyl sites for hydroxylation is 1. The molecule has 3 aliphatic heterocycles. The van der Waals surface area contributed by atoms with Gasteiger partial charge in [0.25, 0.3) is 0 Å². The Balaban J connectivity index is 1.26. The molecule has 206 valence electrons. The molecule has 2 N–H and O–H groups in total. The Kier molecular flexibility index (Phi) is 7.12. The highest BCUT2D eigenvalue weighted by atomic mass is 32.2. The third-order valence-corrected chi connectivity index (χ3v) is 8.84. The third kappa shape index (κ3) is 5.51. The lowest BCUT2D eigenvalue weighted by Gasteiger charge is -2.45. The molecule has 0 radical (unpaired) electrons. The fraction of sp³-hybridized carbons (Fsp3) is 0.577. The van der Waals surface area contributed by atoms with E-state index in [1.54, 1.807) is 4.90 Å². The smallest absolute Gasteiger partial charge is 0.344 e. The van der Waals surface area contributed by atoms with Gasteiger partial charge in [-0.3, -0.25) is 14.4 Å². The topological polar surface area (TPSA) is 128 Å². The second-order valence-corrected chi connectivity index (χ2v) is 12.7. The minimum atomic E-state index is -3.46. The largest absolute Gasteiger partial charge is 0.481 e. The van der Waals surface area contributed by atoms with Gasteiger partial charge in [-0.15, -0.1) is 5.10 Å². The number of piperidine rings is 1. The van der Waals surface area contributed by atoms with Gasteiger partial charge in [0.05, 0.1) is 12.2 Å². The summed E-state index contributed by atoms with van der Waals surface area (Å²) < 4.78 is 26.4. The summed E-state index contributed by atoms with van der Waals surface area (Å²) in [5.41, 5.74) is 3.56. The van der Waals surface area contributed by atoms with Crippen LogP contribution in [0.4, 0.5) is 16.3 Å². The van der Waals surface area contributed by atoms with Gasteiger partial charge < -0.3 is 14.9 Å². The monoisotopic (exact) mass is 544 g/mol. The number of rotatable bonds is 6. The number of amides is 1. The van der Waals surface area contributed by atoms with Crippen LogP contribution in [0.3, 0.4) is 0 Å². The van der Waals surface area contributed by atoms with Crippen molar-refractivity contribution in [1.29, 1.82) is 0 Å². The van der Waals surface area contributed by atoms with Crippen molar-refractivity contribution in [1.82, 2.24) is 19.6 Å². The van der Waals surface area contributed by atoms with Gasteiger partial charge in [0.2, 0.25) is 10.0 Å². The van der Waals surface area contributed by atoms with Crippen LogP contribution in [0.25, 0.3) is 0 Å². The number of aromatic nitrogens is 2. The summed E-state index contributed by atoms with van der Waals surface area (Å²) in [4.78, 5) is 31.2. The number of likely N-dealkylation sites (tertiary alicyclic amines) is 2. The maximum atomic E-state index is 13.0. The third-order valence-electron chi connectivity index (χ3n) is 8.26. The number of carboxylic acids is 1. The molecule has 38 heavy (non-hydrogen) atoms. The van der Waals surface area contributed by atoms with Gasteiger partial charge in [0.15, 0.2) is 5.82 Å². The predicted octanol–water partition coefficient (Wildman–Crippen LogP) is 2.57. The predicted molar refractivity (Wildman–Crippen MR) is 144 cm³/mol. The minimum absolute atomic E-state index is 0.0284. The van der Waals surface area contributed by atoms with Crippen LogP contribution in [0, 0.1) is 12.8 Å². The van der Waals surface area contributed by atoms with Gasteiger partial charge in [0, 0.05) is 56.2 Å². The fourth-order valence-electron chi connectivity index (χ4n) is 6.23. The summed E-state index contributed by atoms with van der Waals surface area (Å²) in [7, 11) is -3.46. The number of anilines is 2. The average Bonchev–Trinajstić information content (AvgIpc) is 3.61. The molecule has 0 saturated carbocycles. The first-order valence-corrected chi connectivity index (χ1v) is 15.1. The molecule has 4 heterocycles. The zero-order chi connectivity index (χ0) is 27.1. The van der Waals surface area contributed by atoms with Crippen molar-refractivity contribution in [3.8, 4) is 0 Å². The number of carbonyl (C=O) groups is 2. The summed E-state index contributed by atoms with van der Waals surface area (Å²) in [6.45, 7) is 6.39. The molecule has 1 unspecified atom stereocenters. The highest BCUT2D eigenvalue weighted by Crippen LogP contribution is 2.41. The molecule has 0 aliphatic carbocycles. The van der Waals surface area contributed by atoms with Crippen molar-refractivity contribution < 1.29 is 23.1 Å². The quantitative estimate of drug-likeness (QED) is 0.568. The molecule has 2 aromatic rings. The molecular formula is C26H36N6O5S. The molecule has 1 aromatic carbocycles. The zero-order valence-electron chi connectivity index (χ0n) is 22.0. The molecule has 12 heteroatoms. The number of nitrogens with zero attached hydrogens (tertiary/aromatic N) is 5. The lowest BCUT2D eigenvalue weighted by atomic mass is 9.84. The van der Waals surface area contributed by atoms with Crippen LogP contribution in [0.1, 0.15) is 43.2 Å². The Labute approximate surface area is 223 Å². The Bertz CT molecular complexity index is 1320. The summed E-state index contributed by atoms with van der Waals surface area (Å²) in [5.74, 6) is -0.922. The molecule has 3 fully saturated rings. The van der Waals surface area contributed by atoms with Crippen molar-refractivity contribution in [3.63, 3.8) is 0 Å². The van der Waals surface area contributed by atoms with Crippen LogP contribution in [0.15, 0.2) is 30.5 Å². The second kappa shape index (κ2) is 10.2. The Morgan fingerprint density at radius 3 is 2.58 bits per heavy atom. The highest BCUT2D eigenvalue weighted by Gasteiger charge is 2.44. The second-order valence-electron chi connectivity index (χ2n) is 10.9.